The number of para-hydroxylation sites is 1. The van der Waals surface area contributed by atoms with Crippen LogP contribution in [0.5, 0.6) is 0 Å². The molecule has 1 atom stereocenters. The van der Waals surface area contributed by atoms with E-state index in [1.54, 1.807) is 5.69 Å². The van der Waals surface area contributed by atoms with Crippen LogP contribution in [0.15, 0.2) is 30.5 Å². The van der Waals surface area contributed by atoms with Crippen molar-refractivity contribution in [2.75, 3.05) is 4.90 Å². The van der Waals surface area contributed by atoms with Crippen molar-refractivity contribution >= 4 is 5.69 Å². The monoisotopic (exact) mass is 347 g/mol. The zero-order valence-corrected chi connectivity index (χ0v) is 16.2. The second kappa shape index (κ2) is 4.94. The minimum absolute atomic E-state index is 0.166. The van der Waals surface area contributed by atoms with Crippen LogP contribution in [0.4, 0.5) is 5.69 Å². The highest BCUT2D eigenvalue weighted by Gasteiger charge is 2.66. The molecule has 0 unspecified atom stereocenters. The van der Waals surface area contributed by atoms with E-state index in [0.717, 1.165) is 23.7 Å². The van der Waals surface area contributed by atoms with Crippen molar-refractivity contribution < 1.29 is 0 Å². The van der Waals surface area contributed by atoms with E-state index < -0.39 is 0 Å². The zero-order chi connectivity index (χ0) is 17.6. The first kappa shape index (κ1) is 15.3. The number of hydrogen-bond acceptors (Lipinski definition) is 2. The minimum atomic E-state index is 0.166. The van der Waals surface area contributed by atoms with E-state index in [9.17, 15) is 0 Å². The number of aryl methyl sites for hydroxylation is 2. The topological polar surface area (TPSA) is 21.1 Å². The van der Waals surface area contributed by atoms with E-state index in [-0.39, 0.29) is 5.54 Å². The Bertz CT molecular complexity index is 851. The van der Waals surface area contributed by atoms with Gasteiger partial charge in [-0.15, -0.1) is 0 Å². The molecule has 3 heteroatoms. The van der Waals surface area contributed by atoms with Crippen molar-refractivity contribution in [1.82, 2.24) is 9.78 Å². The van der Waals surface area contributed by atoms with Crippen LogP contribution >= 0.6 is 0 Å². The highest BCUT2D eigenvalue weighted by Crippen LogP contribution is 2.68. The van der Waals surface area contributed by atoms with Gasteiger partial charge in [-0.2, -0.15) is 5.10 Å². The molecule has 26 heavy (non-hydrogen) atoms. The van der Waals surface area contributed by atoms with Gasteiger partial charge in [-0.25, -0.2) is 0 Å². The average Bonchev–Trinajstić information content (AvgIpc) is 3.11. The molecule has 0 radical (unpaired) electrons. The Morgan fingerprint density at radius 2 is 1.65 bits per heavy atom. The van der Waals surface area contributed by atoms with Crippen LogP contribution in [0.1, 0.15) is 61.9 Å². The van der Waals surface area contributed by atoms with Gasteiger partial charge in [-0.05, 0) is 81.3 Å². The summed E-state index contributed by atoms with van der Waals surface area (Å²) >= 11 is 0. The van der Waals surface area contributed by atoms with Crippen LogP contribution < -0.4 is 4.90 Å². The molecule has 136 valence electrons. The van der Waals surface area contributed by atoms with Crippen LogP contribution in [0, 0.1) is 30.6 Å². The Labute approximate surface area is 156 Å². The summed E-state index contributed by atoms with van der Waals surface area (Å²) in [7, 11) is 2.18. The summed E-state index contributed by atoms with van der Waals surface area (Å²) in [6.07, 6.45) is 9.35. The molecule has 2 heterocycles. The lowest BCUT2D eigenvalue weighted by atomic mass is 9.47. The van der Waals surface area contributed by atoms with E-state index in [0.29, 0.717) is 6.04 Å². The summed E-state index contributed by atoms with van der Waals surface area (Å²) in [5.41, 5.74) is 6.04. The number of hydrogen-bond donors (Lipinski definition) is 0. The van der Waals surface area contributed by atoms with Gasteiger partial charge in [-0.3, -0.25) is 4.68 Å². The van der Waals surface area contributed by atoms with Gasteiger partial charge < -0.3 is 4.90 Å². The molecular weight excluding hydrogens is 318 g/mol. The highest BCUT2D eigenvalue weighted by atomic mass is 15.4. The Balaban J connectivity index is 1.63. The Morgan fingerprint density at radius 1 is 1.00 bits per heavy atom. The number of rotatable bonds is 1. The summed E-state index contributed by atoms with van der Waals surface area (Å²) in [5, 5.41) is 4.74. The Hall–Kier alpha value is -1.77. The molecule has 0 saturated heterocycles. The smallest absolute Gasteiger partial charge is 0.0886 e. The summed E-state index contributed by atoms with van der Waals surface area (Å²) in [5.74, 6) is 3.54. The summed E-state index contributed by atoms with van der Waals surface area (Å²) in [6.45, 7) is 4.69. The molecule has 1 aromatic heterocycles. The van der Waals surface area contributed by atoms with Crippen LogP contribution in [0.2, 0.25) is 0 Å². The normalized spacial score (nSPS) is 39.8. The van der Waals surface area contributed by atoms with Crippen molar-refractivity contribution in [2.45, 2.75) is 57.5 Å². The third-order valence-corrected chi connectivity index (χ3v) is 8.34. The van der Waals surface area contributed by atoms with Gasteiger partial charge in [0.1, 0.15) is 0 Å². The number of benzene rings is 1. The molecule has 4 bridgehead atoms. The third-order valence-electron chi connectivity index (χ3n) is 8.34. The Morgan fingerprint density at radius 3 is 2.31 bits per heavy atom. The predicted octanol–water partition coefficient (Wildman–Crippen LogP) is 4.96. The van der Waals surface area contributed by atoms with Gasteiger partial charge >= 0.3 is 0 Å². The molecule has 3 nitrogen and oxygen atoms in total. The first-order valence-corrected chi connectivity index (χ1v) is 10.5. The Kier molecular flexibility index (Phi) is 2.90. The molecule has 0 amide bonds. The van der Waals surface area contributed by atoms with E-state index >= 15 is 0 Å². The molecule has 7 rings (SSSR count). The van der Waals surface area contributed by atoms with Gasteiger partial charge in [0.05, 0.1) is 23.5 Å². The highest BCUT2D eigenvalue weighted by molar-refractivity contribution is 5.63. The molecule has 0 N–H and O–H groups in total. The van der Waals surface area contributed by atoms with E-state index in [1.807, 2.05) is 0 Å². The van der Waals surface area contributed by atoms with Gasteiger partial charge in [-0.1, -0.05) is 18.2 Å². The fourth-order valence-corrected chi connectivity index (χ4v) is 7.75. The number of fused-ring (bicyclic) bond motifs is 1. The fraction of sp³-hybridized carbons (Fsp3) is 0.609. The molecule has 5 aliphatic rings. The molecule has 1 aliphatic heterocycles. The molecule has 2 aromatic rings. The molecule has 1 aromatic carbocycles. The standard InChI is InChI=1S/C23H29N3/c1-14-6-4-5-7-21(14)26-15(2)20-13-24-25(3)22(20)23(26)18-9-16-8-17(11-18)12-19(23)10-16/h4-7,13,15-19H,8-12H2,1-3H3/t15-,16?,17?,18?,19?,23?/m0/s1. The lowest BCUT2D eigenvalue weighted by Crippen LogP contribution is -2.62. The molecular formula is C23H29N3. The molecule has 4 aliphatic carbocycles. The lowest BCUT2D eigenvalue weighted by Gasteiger charge is -2.63. The second-order valence-corrected chi connectivity index (χ2v) is 9.53. The summed E-state index contributed by atoms with van der Waals surface area (Å²) < 4.78 is 2.23. The van der Waals surface area contributed by atoms with Crippen LogP contribution in [-0.4, -0.2) is 9.78 Å². The van der Waals surface area contributed by atoms with Gasteiger partial charge in [0.2, 0.25) is 0 Å². The van der Waals surface area contributed by atoms with Gasteiger partial charge in [0.25, 0.3) is 0 Å². The molecule has 1 spiro atoms. The predicted molar refractivity (Wildman–Crippen MR) is 104 cm³/mol. The number of nitrogens with zero attached hydrogens (tertiary/aromatic N) is 3. The quantitative estimate of drug-likeness (QED) is 0.727. The van der Waals surface area contributed by atoms with E-state index in [4.69, 9.17) is 5.10 Å². The minimum Gasteiger partial charge on any atom is -0.353 e. The van der Waals surface area contributed by atoms with Crippen molar-refractivity contribution in [1.29, 1.82) is 0 Å². The van der Waals surface area contributed by atoms with Crippen molar-refractivity contribution in [2.24, 2.45) is 30.7 Å². The van der Waals surface area contributed by atoms with Crippen molar-refractivity contribution in [3.63, 3.8) is 0 Å². The first-order valence-electron chi connectivity index (χ1n) is 10.5. The van der Waals surface area contributed by atoms with Crippen molar-refractivity contribution in [3.8, 4) is 0 Å². The largest absolute Gasteiger partial charge is 0.353 e. The lowest BCUT2D eigenvalue weighted by molar-refractivity contribution is -0.0635. The number of anilines is 1. The number of aromatic nitrogens is 2. The second-order valence-electron chi connectivity index (χ2n) is 9.53. The van der Waals surface area contributed by atoms with Crippen LogP contribution in [0.3, 0.4) is 0 Å². The maximum absolute atomic E-state index is 4.74. The SMILES string of the molecule is Cc1ccccc1N1[C@@H](C)c2cnn(C)c2C12C1CC3CC(C1)CC2C3. The molecule has 4 fully saturated rings. The summed E-state index contributed by atoms with van der Waals surface area (Å²) in [6, 6.07) is 9.46. The van der Waals surface area contributed by atoms with E-state index in [2.05, 4.69) is 60.9 Å². The van der Waals surface area contributed by atoms with Crippen LogP contribution in [-0.2, 0) is 12.6 Å². The van der Waals surface area contributed by atoms with Gasteiger partial charge in [0, 0.05) is 18.3 Å². The maximum atomic E-state index is 4.74. The zero-order valence-electron chi connectivity index (χ0n) is 16.2. The van der Waals surface area contributed by atoms with Crippen molar-refractivity contribution in [3.05, 3.63) is 47.3 Å². The molecule has 4 saturated carbocycles. The average molecular weight is 348 g/mol. The maximum Gasteiger partial charge on any atom is 0.0886 e. The summed E-state index contributed by atoms with van der Waals surface area (Å²) in [4.78, 5) is 2.85. The van der Waals surface area contributed by atoms with E-state index in [1.165, 1.54) is 48.9 Å². The van der Waals surface area contributed by atoms with Crippen LogP contribution in [0.25, 0.3) is 0 Å². The van der Waals surface area contributed by atoms with Gasteiger partial charge in [0.15, 0.2) is 0 Å². The first-order chi connectivity index (χ1) is 12.6. The third kappa shape index (κ3) is 1.64. The fourth-order valence-electron chi connectivity index (χ4n) is 7.75.